The van der Waals surface area contributed by atoms with Crippen LogP contribution >= 0.6 is 8.58 Å². The van der Waals surface area contributed by atoms with Crippen LogP contribution in [0.4, 0.5) is 11.4 Å². The summed E-state index contributed by atoms with van der Waals surface area (Å²) in [6.45, 7) is 9.39. The van der Waals surface area contributed by atoms with Crippen molar-refractivity contribution in [1.82, 2.24) is 0 Å². The second kappa shape index (κ2) is 11.9. The van der Waals surface area contributed by atoms with E-state index in [1.165, 1.54) is 22.0 Å². The summed E-state index contributed by atoms with van der Waals surface area (Å²) in [4.78, 5) is 0. The second-order valence-electron chi connectivity index (χ2n) is 9.24. The van der Waals surface area contributed by atoms with Gasteiger partial charge in [-0.2, -0.15) is 0 Å². The summed E-state index contributed by atoms with van der Waals surface area (Å²) in [6.07, 6.45) is 0. The third kappa shape index (κ3) is 7.12. The molecule has 1 saturated heterocycles. The molecule has 0 aromatic heterocycles. The number of benzene rings is 4. The molecule has 179 valence electrons. The van der Waals surface area contributed by atoms with E-state index in [1.54, 1.807) is 0 Å². The zero-order valence-corrected chi connectivity index (χ0v) is 27.3. The molecule has 0 N–H and O–H groups in total. The van der Waals surface area contributed by atoms with E-state index >= 15 is 0 Å². The van der Waals surface area contributed by atoms with Gasteiger partial charge in [-0.1, -0.05) is 69.2 Å². The van der Waals surface area contributed by atoms with Crippen molar-refractivity contribution in [2.24, 2.45) is 0 Å². The van der Waals surface area contributed by atoms with Gasteiger partial charge in [0.1, 0.15) is 0 Å². The zero-order chi connectivity index (χ0) is 24.7. The fraction of sp³-hybridized carbons (Fsp3) is 0.143. The van der Waals surface area contributed by atoms with Gasteiger partial charge in [0.25, 0.3) is 0 Å². The number of hydrogen-bond acceptors (Lipinski definition) is 3. The Morgan fingerprint density at radius 2 is 0.829 bits per heavy atom. The Morgan fingerprint density at radius 3 is 1.17 bits per heavy atom. The largest absolute Gasteiger partial charge is 0.0622 e. The predicted molar refractivity (Wildman–Crippen MR) is 160 cm³/mol. The van der Waals surface area contributed by atoms with Gasteiger partial charge < -0.3 is 0 Å². The molecule has 5 rings (SSSR count). The summed E-state index contributed by atoms with van der Waals surface area (Å²) in [6, 6.07) is 42.8. The van der Waals surface area contributed by atoms with E-state index < -0.39 is 40.8 Å². The van der Waals surface area contributed by atoms with Crippen molar-refractivity contribution in [1.29, 1.82) is 0 Å². The van der Waals surface area contributed by atoms with Crippen LogP contribution in [-0.2, 0) is 4.12 Å². The van der Waals surface area contributed by atoms with Gasteiger partial charge in [-0.05, 0) is 10.6 Å². The van der Waals surface area contributed by atoms with Crippen molar-refractivity contribution < 1.29 is 4.12 Å². The third-order valence-electron chi connectivity index (χ3n) is 5.54. The first-order chi connectivity index (χ1) is 16.9. The van der Waals surface area contributed by atoms with Gasteiger partial charge in [0.05, 0.1) is 0 Å². The minimum Gasteiger partial charge on any atom is -0.0622 e. The van der Waals surface area contributed by atoms with Gasteiger partial charge in [0.2, 0.25) is 0 Å². The SMILES string of the molecule is C[Si]1(C)O[Si](C)(C)[N](c2ccccc2)[Bi][N]1c1ccccc1.c1ccc(Pc2ccccc2)cc1. The van der Waals surface area contributed by atoms with E-state index in [1.807, 2.05) is 0 Å². The maximum Gasteiger partial charge on any atom is -0.0226 e. The summed E-state index contributed by atoms with van der Waals surface area (Å²) in [7, 11) is -2.90. The fourth-order valence-corrected chi connectivity index (χ4v) is 25.5. The van der Waals surface area contributed by atoms with E-state index in [0.29, 0.717) is 0 Å². The Hall–Kier alpha value is -1.81. The van der Waals surface area contributed by atoms with Crippen LogP contribution in [-0.4, -0.2) is 40.8 Å². The first-order valence-electron chi connectivity index (χ1n) is 11.8. The molecule has 0 aliphatic carbocycles. The van der Waals surface area contributed by atoms with Crippen LogP contribution in [0.3, 0.4) is 0 Å². The normalized spacial score (nSPS) is 16.2. The molecular weight excluding hydrogens is 676 g/mol. The molecule has 3 nitrogen and oxygen atoms in total. The first-order valence-corrected chi connectivity index (χ1v) is 21.7. The molecule has 4 aromatic rings. The predicted octanol–water partition coefficient (Wildman–Crippen LogP) is 6.28. The van der Waals surface area contributed by atoms with Gasteiger partial charge in [-0.15, -0.1) is 0 Å². The summed E-state index contributed by atoms with van der Waals surface area (Å²) in [5, 5.41) is 2.79. The van der Waals surface area contributed by atoms with Gasteiger partial charge in [0.15, 0.2) is 0 Å². The van der Waals surface area contributed by atoms with Crippen molar-refractivity contribution in [3.8, 4) is 0 Å². The molecule has 0 amide bonds. The van der Waals surface area contributed by atoms with Crippen molar-refractivity contribution in [2.75, 3.05) is 5.02 Å². The van der Waals surface area contributed by atoms with Crippen molar-refractivity contribution in [3.63, 3.8) is 0 Å². The Labute approximate surface area is 226 Å². The molecule has 0 unspecified atom stereocenters. The minimum atomic E-state index is -1.84. The quantitative estimate of drug-likeness (QED) is 0.183. The first kappa shape index (κ1) is 26.3. The zero-order valence-electron chi connectivity index (χ0n) is 20.8. The molecule has 1 aliphatic heterocycles. The summed E-state index contributed by atoms with van der Waals surface area (Å²) < 4.78 is 12.1. The maximum atomic E-state index is 6.77. The summed E-state index contributed by atoms with van der Waals surface area (Å²) >= 11 is -1.06. The van der Waals surface area contributed by atoms with Crippen molar-refractivity contribution in [2.45, 2.75) is 26.2 Å². The molecule has 35 heavy (non-hydrogen) atoms. The monoisotopic (exact) mass is 709 g/mol. The van der Waals surface area contributed by atoms with Crippen LogP contribution in [0, 0.1) is 0 Å². The molecule has 0 atom stereocenters. The van der Waals surface area contributed by atoms with E-state index in [9.17, 15) is 0 Å². The maximum absolute atomic E-state index is 6.77. The van der Waals surface area contributed by atoms with Gasteiger partial charge >= 0.3 is 148 Å². The van der Waals surface area contributed by atoms with E-state index in [0.717, 1.165) is 8.58 Å². The number of rotatable bonds is 4. The Kier molecular flexibility index (Phi) is 8.96. The van der Waals surface area contributed by atoms with E-state index in [4.69, 9.17) is 4.12 Å². The molecule has 4 aromatic carbocycles. The van der Waals surface area contributed by atoms with Crippen LogP contribution in [0.2, 0.25) is 26.2 Å². The Morgan fingerprint density at radius 1 is 0.514 bits per heavy atom. The molecule has 1 heterocycles. The molecular formula is C28H33BiN2OPSi2. The molecule has 0 bridgehead atoms. The van der Waals surface area contributed by atoms with Crippen molar-refractivity contribution >= 4 is 71.3 Å². The van der Waals surface area contributed by atoms with Gasteiger partial charge in [-0.25, -0.2) is 0 Å². The van der Waals surface area contributed by atoms with E-state index in [2.05, 4.69) is 153 Å². The molecule has 1 aliphatic rings. The number of hydrogen-bond donors (Lipinski definition) is 0. The number of anilines is 2. The Balaban J connectivity index is 0.000000189. The average Bonchev–Trinajstić information content (AvgIpc) is 2.86. The standard InChI is InChI=1S/C16H22N2OSi2.C12H11P.Bi/c1-20(2,17-15-11-7-5-8-12-15)19-21(3,4)18-16-13-9-6-10-14-16;1-3-7-11(8-4-1)13-12-9-5-2-6-10-12;/h5-14H,1-4H3;1-10,13H;/q-2;;+2. The van der Waals surface area contributed by atoms with Crippen LogP contribution in [0.1, 0.15) is 0 Å². The van der Waals surface area contributed by atoms with Crippen LogP contribution < -0.4 is 15.6 Å². The molecule has 0 saturated carbocycles. The summed E-state index contributed by atoms with van der Waals surface area (Å²) in [5.41, 5.74) is 2.67. The fourth-order valence-electron chi connectivity index (χ4n) is 4.08. The average molecular weight is 710 g/mol. The molecule has 0 spiro atoms. The smallest absolute Gasteiger partial charge is 0.0226 e. The number of nitrogens with zero attached hydrogens (tertiary/aromatic N) is 2. The topological polar surface area (TPSA) is 15.7 Å². The van der Waals surface area contributed by atoms with Crippen LogP contribution in [0.5, 0.6) is 0 Å². The third-order valence-corrected chi connectivity index (χ3v) is 29.3. The molecule has 7 heteroatoms. The van der Waals surface area contributed by atoms with Crippen molar-refractivity contribution in [3.05, 3.63) is 121 Å². The minimum absolute atomic E-state index is 0.777. The van der Waals surface area contributed by atoms with Gasteiger partial charge in [-0.3, -0.25) is 0 Å². The second-order valence-corrected chi connectivity index (χ2v) is 25.0. The Bertz CT molecular complexity index is 1090. The molecule has 1 radical (unpaired) electrons. The number of para-hydroxylation sites is 2. The summed E-state index contributed by atoms with van der Waals surface area (Å²) in [5.74, 6) is 0. The molecule has 1 fully saturated rings. The van der Waals surface area contributed by atoms with Crippen LogP contribution in [0.25, 0.3) is 0 Å². The van der Waals surface area contributed by atoms with E-state index in [-0.39, 0.29) is 0 Å². The van der Waals surface area contributed by atoms with Crippen LogP contribution in [0.15, 0.2) is 121 Å². The van der Waals surface area contributed by atoms with Gasteiger partial charge in [0, 0.05) is 0 Å².